The Labute approximate surface area is 97.5 Å². The molecule has 2 heteroatoms. The van der Waals surface area contributed by atoms with Gasteiger partial charge in [0.1, 0.15) is 0 Å². The molecule has 1 aliphatic rings. The van der Waals surface area contributed by atoms with E-state index in [4.69, 9.17) is 5.26 Å². The maximum atomic E-state index is 8.77. The second-order valence-corrected chi connectivity index (χ2v) is 4.44. The first kappa shape index (κ1) is 11.0. The molecule has 2 rings (SSSR count). The van der Waals surface area contributed by atoms with Gasteiger partial charge in [0, 0.05) is 18.3 Å². The van der Waals surface area contributed by atoms with Gasteiger partial charge in [-0.1, -0.05) is 13.3 Å². The highest BCUT2D eigenvalue weighted by atomic mass is 15.2. The minimum atomic E-state index is 0.745. The van der Waals surface area contributed by atoms with E-state index >= 15 is 0 Å². The number of benzene rings is 1. The molecule has 0 unspecified atom stereocenters. The quantitative estimate of drug-likeness (QED) is 0.751. The molecule has 84 valence electrons. The maximum Gasteiger partial charge on any atom is 0.0991 e. The van der Waals surface area contributed by atoms with Crippen molar-refractivity contribution in [1.29, 1.82) is 5.26 Å². The standard InChI is InChI=1S/C14H18N2/c1-2-3-10-16(14-8-9-14)13-6-4-12(11-15)5-7-13/h4-7,14H,2-3,8-10H2,1H3. The summed E-state index contributed by atoms with van der Waals surface area (Å²) in [5, 5.41) is 8.77. The molecule has 0 aliphatic heterocycles. The largest absolute Gasteiger partial charge is 0.369 e. The van der Waals surface area contributed by atoms with Crippen molar-refractivity contribution in [1.82, 2.24) is 0 Å². The second kappa shape index (κ2) is 5.03. The Kier molecular flexibility index (Phi) is 3.46. The molecule has 1 aromatic rings. The molecule has 0 heterocycles. The first-order chi connectivity index (χ1) is 7.85. The number of unbranched alkanes of at least 4 members (excludes halogenated alkanes) is 1. The molecule has 1 aliphatic carbocycles. The van der Waals surface area contributed by atoms with Crippen molar-refractivity contribution < 1.29 is 0 Å². The monoisotopic (exact) mass is 214 g/mol. The Balaban J connectivity index is 2.08. The summed E-state index contributed by atoms with van der Waals surface area (Å²) in [7, 11) is 0. The highest BCUT2D eigenvalue weighted by Gasteiger charge is 2.28. The van der Waals surface area contributed by atoms with Crippen LogP contribution in [-0.4, -0.2) is 12.6 Å². The number of nitrogens with zero attached hydrogens (tertiary/aromatic N) is 2. The molecule has 0 N–H and O–H groups in total. The first-order valence-electron chi connectivity index (χ1n) is 6.12. The Morgan fingerprint density at radius 3 is 2.50 bits per heavy atom. The minimum absolute atomic E-state index is 0.745. The van der Waals surface area contributed by atoms with Crippen LogP contribution < -0.4 is 4.90 Å². The van der Waals surface area contributed by atoms with Gasteiger partial charge in [0.05, 0.1) is 11.6 Å². The highest BCUT2D eigenvalue weighted by Crippen LogP contribution is 2.31. The van der Waals surface area contributed by atoms with Gasteiger partial charge in [0.2, 0.25) is 0 Å². The lowest BCUT2D eigenvalue weighted by Gasteiger charge is -2.24. The summed E-state index contributed by atoms with van der Waals surface area (Å²) in [5.74, 6) is 0. The molecule has 0 aromatic heterocycles. The predicted molar refractivity (Wildman–Crippen MR) is 66.4 cm³/mol. The molecule has 16 heavy (non-hydrogen) atoms. The Morgan fingerprint density at radius 2 is 2.00 bits per heavy atom. The zero-order valence-corrected chi connectivity index (χ0v) is 9.82. The minimum Gasteiger partial charge on any atom is -0.369 e. The third-order valence-corrected chi connectivity index (χ3v) is 3.07. The summed E-state index contributed by atoms with van der Waals surface area (Å²) >= 11 is 0. The Hall–Kier alpha value is -1.49. The summed E-state index contributed by atoms with van der Waals surface area (Å²) in [4.78, 5) is 2.49. The van der Waals surface area contributed by atoms with Crippen LogP contribution in [0.2, 0.25) is 0 Å². The van der Waals surface area contributed by atoms with Crippen LogP contribution in [0.4, 0.5) is 5.69 Å². The van der Waals surface area contributed by atoms with Gasteiger partial charge in [0.15, 0.2) is 0 Å². The van der Waals surface area contributed by atoms with Gasteiger partial charge in [-0.05, 0) is 43.5 Å². The zero-order valence-electron chi connectivity index (χ0n) is 9.82. The molecule has 0 atom stereocenters. The summed E-state index contributed by atoms with van der Waals surface area (Å²) in [6.07, 6.45) is 5.13. The molecule has 1 saturated carbocycles. The van der Waals surface area contributed by atoms with E-state index in [1.165, 1.54) is 31.4 Å². The molecule has 1 aromatic carbocycles. The van der Waals surface area contributed by atoms with Crippen LogP contribution in [0.5, 0.6) is 0 Å². The number of anilines is 1. The van der Waals surface area contributed by atoms with Gasteiger partial charge in [-0.25, -0.2) is 0 Å². The van der Waals surface area contributed by atoms with Crippen LogP contribution in [-0.2, 0) is 0 Å². The molecular weight excluding hydrogens is 196 g/mol. The fourth-order valence-electron chi connectivity index (χ4n) is 1.96. The van der Waals surface area contributed by atoms with Crippen LogP contribution in [0, 0.1) is 11.3 Å². The van der Waals surface area contributed by atoms with Gasteiger partial charge in [-0.2, -0.15) is 5.26 Å². The van der Waals surface area contributed by atoms with E-state index in [2.05, 4.69) is 30.0 Å². The predicted octanol–water partition coefficient (Wildman–Crippen LogP) is 3.33. The average Bonchev–Trinajstić information content (AvgIpc) is 3.15. The van der Waals surface area contributed by atoms with E-state index in [-0.39, 0.29) is 0 Å². The number of nitriles is 1. The van der Waals surface area contributed by atoms with Crippen LogP contribution in [0.15, 0.2) is 24.3 Å². The van der Waals surface area contributed by atoms with E-state index in [0.29, 0.717) is 0 Å². The number of rotatable bonds is 5. The lowest BCUT2D eigenvalue weighted by atomic mass is 10.2. The smallest absolute Gasteiger partial charge is 0.0991 e. The van der Waals surface area contributed by atoms with E-state index in [1.807, 2.05) is 12.1 Å². The Bertz CT molecular complexity index is 371. The normalized spacial score (nSPS) is 14.5. The Morgan fingerprint density at radius 1 is 1.31 bits per heavy atom. The zero-order chi connectivity index (χ0) is 11.4. The number of hydrogen-bond acceptors (Lipinski definition) is 2. The van der Waals surface area contributed by atoms with Crippen LogP contribution in [0.25, 0.3) is 0 Å². The van der Waals surface area contributed by atoms with E-state index in [9.17, 15) is 0 Å². The van der Waals surface area contributed by atoms with Crippen molar-refractivity contribution in [2.24, 2.45) is 0 Å². The fourth-order valence-corrected chi connectivity index (χ4v) is 1.96. The topological polar surface area (TPSA) is 27.0 Å². The van der Waals surface area contributed by atoms with Gasteiger partial charge in [0.25, 0.3) is 0 Å². The SMILES string of the molecule is CCCCN(c1ccc(C#N)cc1)C1CC1. The third kappa shape index (κ3) is 2.55. The third-order valence-electron chi connectivity index (χ3n) is 3.07. The lowest BCUT2D eigenvalue weighted by Crippen LogP contribution is -2.26. The van der Waals surface area contributed by atoms with Gasteiger partial charge in [-0.15, -0.1) is 0 Å². The van der Waals surface area contributed by atoms with E-state index in [1.54, 1.807) is 0 Å². The number of hydrogen-bond donors (Lipinski definition) is 0. The van der Waals surface area contributed by atoms with Gasteiger partial charge >= 0.3 is 0 Å². The van der Waals surface area contributed by atoms with Crippen LogP contribution in [0.1, 0.15) is 38.2 Å². The lowest BCUT2D eigenvalue weighted by molar-refractivity contribution is 0.713. The summed E-state index contributed by atoms with van der Waals surface area (Å²) in [5.41, 5.74) is 2.02. The molecule has 1 fully saturated rings. The second-order valence-electron chi connectivity index (χ2n) is 4.44. The van der Waals surface area contributed by atoms with Gasteiger partial charge in [-0.3, -0.25) is 0 Å². The maximum absolute atomic E-state index is 8.77. The average molecular weight is 214 g/mol. The van der Waals surface area contributed by atoms with Crippen LogP contribution >= 0.6 is 0 Å². The molecular formula is C14H18N2. The molecule has 0 saturated heterocycles. The van der Waals surface area contributed by atoms with Crippen molar-refractivity contribution in [2.45, 2.75) is 38.6 Å². The van der Waals surface area contributed by atoms with Crippen molar-refractivity contribution in [3.8, 4) is 6.07 Å². The van der Waals surface area contributed by atoms with Crippen molar-refractivity contribution in [3.63, 3.8) is 0 Å². The summed E-state index contributed by atoms with van der Waals surface area (Å²) in [6, 6.07) is 10.9. The summed E-state index contributed by atoms with van der Waals surface area (Å²) < 4.78 is 0. The molecule has 0 radical (unpaired) electrons. The molecule has 2 nitrogen and oxygen atoms in total. The van der Waals surface area contributed by atoms with Crippen molar-refractivity contribution >= 4 is 5.69 Å². The molecule has 0 spiro atoms. The first-order valence-corrected chi connectivity index (χ1v) is 6.12. The fraction of sp³-hybridized carbons (Fsp3) is 0.500. The summed E-state index contributed by atoms with van der Waals surface area (Å²) in [6.45, 7) is 3.37. The van der Waals surface area contributed by atoms with E-state index in [0.717, 1.165) is 18.2 Å². The van der Waals surface area contributed by atoms with Crippen molar-refractivity contribution in [2.75, 3.05) is 11.4 Å². The van der Waals surface area contributed by atoms with Gasteiger partial charge < -0.3 is 4.90 Å². The van der Waals surface area contributed by atoms with Crippen molar-refractivity contribution in [3.05, 3.63) is 29.8 Å². The molecule has 0 amide bonds. The van der Waals surface area contributed by atoms with Crippen LogP contribution in [0.3, 0.4) is 0 Å². The highest BCUT2D eigenvalue weighted by molar-refractivity contribution is 5.51. The van der Waals surface area contributed by atoms with E-state index < -0.39 is 0 Å². The molecule has 0 bridgehead atoms.